The number of aromatic hydroxyl groups is 1. The molecule has 0 saturated carbocycles. The lowest BCUT2D eigenvalue weighted by Crippen LogP contribution is -2.16. The van der Waals surface area contributed by atoms with Gasteiger partial charge in [0.05, 0.1) is 7.11 Å². The van der Waals surface area contributed by atoms with Gasteiger partial charge in [0.25, 0.3) is 0 Å². The van der Waals surface area contributed by atoms with Crippen molar-refractivity contribution in [3.05, 3.63) is 76.9 Å². The number of nitrogens with zero attached hydrogens (tertiary/aromatic N) is 1. The van der Waals surface area contributed by atoms with Gasteiger partial charge in [0.15, 0.2) is 5.58 Å². The van der Waals surface area contributed by atoms with Crippen LogP contribution in [0.15, 0.2) is 59.0 Å². The van der Waals surface area contributed by atoms with Crippen molar-refractivity contribution in [1.82, 2.24) is 4.98 Å². The molecule has 3 aromatic carbocycles. The number of ether oxygens (including phenoxy) is 1. The fourth-order valence-electron chi connectivity index (χ4n) is 4.63. The van der Waals surface area contributed by atoms with Crippen LogP contribution in [0.2, 0.25) is 0 Å². The van der Waals surface area contributed by atoms with Crippen molar-refractivity contribution < 1.29 is 14.3 Å². The monoisotopic (exact) mass is 1440 g/mol. The molecular formula is C36H49NO3S28. The molecule has 0 atom stereocenters. The van der Waals surface area contributed by atoms with E-state index in [1.807, 2.05) is 125 Å². The molecule has 4 nitrogen and oxygen atoms in total. The van der Waals surface area contributed by atoms with Gasteiger partial charge in [-0.15, -0.1) is 0 Å². The number of hydrogen-bond donors (Lipinski definition) is 1. The van der Waals surface area contributed by atoms with Crippen molar-refractivity contribution >= 4 is 264 Å². The molecule has 0 radical (unpaired) electrons. The van der Waals surface area contributed by atoms with Crippen LogP contribution in [-0.2, 0) is 275 Å². The predicted octanol–water partition coefficient (Wildman–Crippen LogP) is 10.0. The number of phenolic OH excluding ortho intramolecular Hbond substituents is 1. The molecule has 0 fully saturated rings. The van der Waals surface area contributed by atoms with Crippen molar-refractivity contribution in [3.63, 3.8) is 0 Å². The van der Waals surface area contributed by atoms with E-state index in [0.717, 1.165) is 22.4 Å². The lowest BCUT2D eigenvalue weighted by molar-refractivity contribution is 0.415. The first-order valence-electron chi connectivity index (χ1n) is 18.6. The Balaban J connectivity index is 0.000000365. The first-order valence-corrected chi connectivity index (χ1v) is 54.6. The Labute approximate surface area is 486 Å². The number of oxazole rings is 1. The number of fused-ring (bicyclic) bond motifs is 1. The second-order valence-electron chi connectivity index (χ2n) is 16.7. The zero-order chi connectivity index (χ0) is 50.6. The highest BCUT2D eigenvalue weighted by Gasteiger charge is 2.26. The van der Waals surface area contributed by atoms with Crippen LogP contribution in [0, 0.1) is 0 Å². The molecule has 0 saturated heterocycles. The second-order valence-corrected chi connectivity index (χ2v) is 62.7. The summed E-state index contributed by atoms with van der Waals surface area (Å²) in [6.45, 7) is 26.3. The molecule has 68 heavy (non-hydrogen) atoms. The highest BCUT2D eigenvalue weighted by Crippen LogP contribution is 2.37. The van der Waals surface area contributed by atoms with E-state index in [1.54, 1.807) is 131 Å². The molecule has 0 unspecified atom stereocenters. The zero-order valence-corrected chi connectivity index (χ0v) is 61.2. The number of phenols is 1. The summed E-state index contributed by atoms with van der Waals surface area (Å²) in [6, 6.07) is 18.1. The maximum Gasteiger partial charge on any atom is 0.227 e. The van der Waals surface area contributed by atoms with Gasteiger partial charge in [-0.3, -0.25) is 0 Å². The highest BCUT2D eigenvalue weighted by molar-refractivity contribution is 8.79. The lowest BCUT2D eigenvalue weighted by atomic mass is 9.80. The standard InChI is InChI=1S/C22H27NO2.C14H22O.S28/c1-21(2,3)15-12-17(22(4,5)6)19-18(13-15)23-20(25-19)14-8-10-16(24-7)11-9-14;1-13(2,3)10-7-11(14(4,5)6)9-12(15)8-10;1-3-5-7-9-11-13-15-17-19-21-23-25-27-28-26-24-22-20-18-16-14-12-10-8-6-4-2/h8-13H,1-7H3;7-9,15H,1-6H3;. The minimum Gasteiger partial charge on any atom is -0.508 e. The Morgan fingerprint density at radius 1 is 0.441 bits per heavy atom. The molecule has 1 N–H and O–H groups in total. The van der Waals surface area contributed by atoms with Crippen molar-refractivity contribution in [3.8, 4) is 23.0 Å². The number of aromatic nitrogens is 1. The molecule has 0 aliphatic rings. The smallest absolute Gasteiger partial charge is 0.227 e. The Morgan fingerprint density at radius 3 is 1.06 bits per heavy atom. The van der Waals surface area contributed by atoms with Gasteiger partial charge in [0, 0.05) is 264 Å². The molecule has 1 heterocycles. The Hall–Kier alpha value is 2.89. The zero-order valence-electron chi connectivity index (χ0n) is 38.3. The van der Waals surface area contributed by atoms with Crippen LogP contribution in [0.3, 0.4) is 0 Å². The average Bonchev–Trinajstić information content (AvgIpc) is 3.71. The molecular weight excluding hydrogens is 1390 g/mol. The Kier molecular flexibility index (Phi) is 36.3. The van der Waals surface area contributed by atoms with E-state index in [2.05, 4.69) is 101 Å². The summed E-state index contributed by atoms with van der Waals surface area (Å²) >= 11 is 9.56. The third kappa shape index (κ3) is 29.4. The van der Waals surface area contributed by atoms with Crippen LogP contribution in [0.5, 0.6) is 11.5 Å². The van der Waals surface area contributed by atoms with E-state index in [9.17, 15) is 5.11 Å². The normalized spacial score (nSPS) is 10.6. The SMILES string of the molecule is CC(C)(C)c1cc(O)cc(C(C)(C)C)c1.COc1ccc(-c2nc3cc(C(C)(C)C)cc(C(C)(C)C)c3o2)cc1.S=S=S=S=S=S=S=S=S=S=S=S=S=S=S=S=S=S=S=S=S=S=S=S=S=S=S=S. The third-order valence-corrected chi connectivity index (χ3v) is 63.4. The van der Waals surface area contributed by atoms with Gasteiger partial charge in [0.2, 0.25) is 5.89 Å². The van der Waals surface area contributed by atoms with E-state index < -0.39 is 0 Å². The summed E-state index contributed by atoms with van der Waals surface area (Å²) < 4.78 is 11.4. The minimum atomic E-state index is -0.0176. The summed E-state index contributed by atoms with van der Waals surface area (Å²) in [5, 5.41) is 9.72. The Bertz CT molecular complexity index is 3470. The van der Waals surface area contributed by atoms with Crippen molar-refractivity contribution in [2.24, 2.45) is 0 Å². The fourth-order valence-corrected chi connectivity index (χ4v) is 70.5. The predicted molar refractivity (Wildman–Crippen MR) is 375 cm³/mol. The van der Waals surface area contributed by atoms with E-state index >= 15 is 0 Å². The van der Waals surface area contributed by atoms with Crippen LogP contribution in [0.1, 0.15) is 105 Å². The highest BCUT2D eigenvalue weighted by atomic mass is 33.5. The Morgan fingerprint density at radius 2 is 0.765 bits per heavy atom. The van der Waals surface area contributed by atoms with Crippen LogP contribution >= 0.6 is 0 Å². The van der Waals surface area contributed by atoms with E-state index in [4.69, 9.17) is 36.5 Å². The molecule has 0 amide bonds. The van der Waals surface area contributed by atoms with Crippen LogP contribution < -0.4 is 4.74 Å². The maximum absolute atomic E-state index is 9.72. The molecule has 0 spiro atoms. The minimum absolute atomic E-state index is 0.0176. The van der Waals surface area contributed by atoms with Gasteiger partial charge < -0.3 is 14.3 Å². The molecule has 0 aliphatic carbocycles. The molecule has 0 aliphatic heterocycles. The molecule has 32 heteroatoms. The van der Waals surface area contributed by atoms with Crippen LogP contribution in [0.4, 0.5) is 0 Å². The largest absolute Gasteiger partial charge is 0.508 e. The van der Waals surface area contributed by atoms with Crippen LogP contribution in [-0.4, -0.2) is 17.2 Å². The molecule has 1 aromatic heterocycles. The molecule has 384 valence electrons. The van der Waals surface area contributed by atoms with Gasteiger partial charge >= 0.3 is 0 Å². The van der Waals surface area contributed by atoms with Gasteiger partial charge in [-0.25, -0.2) is 4.98 Å². The summed E-state index contributed by atoms with van der Waals surface area (Å²) in [4.78, 5) is 4.78. The number of rotatable bonds is 2. The first kappa shape index (κ1) is 67.0. The number of methoxy groups -OCH3 is 1. The van der Waals surface area contributed by atoms with Crippen molar-refractivity contribution in [2.45, 2.75) is 105 Å². The summed E-state index contributed by atoms with van der Waals surface area (Å²) in [5.41, 5.74) is 7.81. The fraction of sp³-hybridized carbons (Fsp3) is 0.472. The maximum atomic E-state index is 9.72. The molecule has 4 rings (SSSR count). The number of benzene rings is 3. The van der Waals surface area contributed by atoms with Gasteiger partial charge in [-0.05, 0) is 80.8 Å². The second kappa shape index (κ2) is 36.8. The number of hydrogen-bond acceptors (Lipinski definition) is 6. The van der Waals surface area contributed by atoms with E-state index in [1.165, 1.54) is 40.0 Å². The van der Waals surface area contributed by atoms with Gasteiger partial charge in [-0.2, -0.15) is 0 Å². The quantitative estimate of drug-likeness (QED) is 0.216. The van der Waals surface area contributed by atoms with Crippen LogP contribution in [0.25, 0.3) is 22.6 Å². The molecule has 0 bridgehead atoms. The van der Waals surface area contributed by atoms with Crippen molar-refractivity contribution in [1.29, 1.82) is 0 Å². The van der Waals surface area contributed by atoms with E-state index in [0.29, 0.717) is 11.6 Å². The topological polar surface area (TPSA) is 55.5 Å². The lowest BCUT2D eigenvalue weighted by Gasteiger charge is -2.25. The van der Waals surface area contributed by atoms with Gasteiger partial charge in [-0.1, -0.05) is 95.2 Å². The van der Waals surface area contributed by atoms with Gasteiger partial charge in [0.1, 0.15) is 17.0 Å². The first-order chi connectivity index (χ1) is 32.1. The average molecular weight is 1440 g/mol. The summed E-state index contributed by atoms with van der Waals surface area (Å²) in [6.07, 6.45) is 0. The summed E-state index contributed by atoms with van der Waals surface area (Å²) in [5.74, 6) is 1.84. The van der Waals surface area contributed by atoms with Crippen molar-refractivity contribution in [2.75, 3.05) is 7.11 Å². The third-order valence-electron chi connectivity index (χ3n) is 7.85. The summed E-state index contributed by atoms with van der Waals surface area (Å²) in [7, 11) is 47.1. The molecule has 4 aromatic rings. The van der Waals surface area contributed by atoms with E-state index in [-0.39, 0.29) is 21.7 Å².